The Morgan fingerprint density at radius 2 is 0.583 bits per heavy atom. The largest absolute Gasteiger partial charge is 0.285 e. The maximum absolute atomic E-state index is 2.58. The van der Waals surface area contributed by atoms with Crippen LogP contribution in [0, 0.1) is 17.8 Å². The fourth-order valence-corrected chi connectivity index (χ4v) is 17.8. The lowest BCUT2D eigenvalue weighted by molar-refractivity contribution is -0.434. The van der Waals surface area contributed by atoms with Crippen LogP contribution in [0.2, 0.25) is 0 Å². The Bertz CT molecular complexity index is 4810. The van der Waals surface area contributed by atoms with Gasteiger partial charge < -0.3 is 0 Å². The SMILES string of the molecule is C1=[N+](c2ccccc2)CN(c2ccccc2)c2c1cccc2-c1ccccc1.C1=[N+](c2ccccc2)CN(c2ccccc2)c2c1cccc2C12CC3CC(CC(C3)C1)C2.CC1(c2cccc3c2N(c2ccccc2)C[N+](c2ccccc2)=C3)c2ccccc2-c2ccccc21. The lowest BCUT2D eigenvalue weighted by atomic mass is 9.48. The molecule has 8 aliphatic rings. The first kappa shape index (κ1) is 58.8. The second-order valence-corrected chi connectivity index (χ2v) is 27.5. The third-order valence-corrected chi connectivity index (χ3v) is 21.7. The topological polar surface area (TPSA) is 18.8 Å². The normalized spacial score (nSPS) is 19.5. The second kappa shape index (κ2) is 25.1. The molecular formula is C90H79N6+3. The molecule has 5 aliphatic carbocycles. The molecule has 12 aromatic carbocycles. The molecule has 0 amide bonds. The monoisotopic (exact) mass is 1240 g/mol. The summed E-state index contributed by atoms with van der Waals surface area (Å²) in [6.45, 7) is 4.77. The fraction of sp³-hybridized carbons (Fsp3) is 0.167. The smallest absolute Gasteiger partial charge is 0.228 e. The van der Waals surface area contributed by atoms with Gasteiger partial charge in [-0.05, 0) is 162 Å². The van der Waals surface area contributed by atoms with E-state index in [1.54, 1.807) is 5.56 Å². The summed E-state index contributed by atoms with van der Waals surface area (Å²) < 4.78 is 7.06. The Balaban J connectivity index is 0.000000110. The highest BCUT2D eigenvalue weighted by molar-refractivity contribution is 5.98. The number of fused-ring (bicyclic) bond motifs is 6. The zero-order valence-corrected chi connectivity index (χ0v) is 54.5. The van der Waals surface area contributed by atoms with Crippen LogP contribution in [0.1, 0.15) is 84.4 Å². The molecule has 0 N–H and O–H groups in total. The number of para-hydroxylation sites is 9. The van der Waals surface area contributed by atoms with Gasteiger partial charge in [0, 0.05) is 64.4 Å². The van der Waals surface area contributed by atoms with Crippen molar-refractivity contribution in [2.45, 2.75) is 56.3 Å². The van der Waals surface area contributed by atoms with E-state index < -0.39 is 0 Å². The van der Waals surface area contributed by atoms with Crippen LogP contribution in [0.4, 0.5) is 51.2 Å². The molecule has 6 heteroatoms. The van der Waals surface area contributed by atoms with Gasteiger partial charge in [0.25, 0.3) is 0 Å². The standard InChI is InChI=1S/C34H27N2.C30H31N2.C26H21N2/c1-34(30-20-10-8-18-28(30)29-19-9-11-21-31(29)34)32-22-12-13-25-23-35(26-14-4-2-5-15-26)24-36(33(25)32)27-16-6-3-7-17-27;1-3-9-26(10-4-1)31-20-25-8-7-13-28(29(25)32(21-31)27-11-5-2-6-12-27)30-17-22-14-23(18-30)16-24(15-22)19-30;1-4-11-21(12-5-1)25-18-10-13-22-19-27(23-14-6-2-7-15-23)20-28(26(22)25)24-16-8-3-9-17-24/h2-23H,24H2,1H3;1-13,20,22-24H,14-19,21H2;1-19H,20H2/q3*+1. The zero-order chi connectivity index (χ0) is 64.0. The molecular weight excluding hydrogens is 1170 g/mol. The van der Waals surface area contributed by atoms with E-state index in [4.69, 9.17) is 0 Å². The molecule has 0 spiro atoms. The Morgan fingerprint density at radius 1 is 0.281 bits per heavy atom. The van der Waals surface area contributed by atoms with Crippen molar-refractivity contribution >= 4 is 69.8 Å². The van der Waals surface area contributed by atoms with Crippen molar-refractivity contribution in [2.24, 2.45) is 17.8 Å². The number of nitrogens with zero attached hydrogens (tertiary/aromatic N) is 6. The number of benzene rings is 12. The first-order valence-electron chi connectivity index (χ1n) is 34.5. The molecule has 0 atom stereocenters. The number of anilines is 6. The molecule has 12 aromatic rings. The van der Waals surface area contributed by atoms with Gasteiger partial charge in [-0.15, -0.1) is 0 Å². The van der Waals surface area contributed by atoms with Gasteiger partial charge in [-0.3, -0.25) is 14.7 Å². The average Bonchev–Trinajstić information content (AvgIpc) is 1.68. The number of hydrogen-bond acceptors (Lipinski definition) is 3. The van der Waals surface area contributed by atoms with Crippen LogP contribution in [0.5, 0.6) is 0 Å². The van der Waals surface area contributed by atoms with Crippen LogP contribution in [0.3, 0.4) is 0 Å². The maximum Gasteiger partial charge on any atom is 0.228 e. The Hall–Kier alpha value is -11.0. The van der Waals surface area contributed by atoms with Gasteiger partial charge in [-0.25, -0.2) is 0 Å². The lowest BCUT2D eigenvalue weighted by Gasteiger charge is -2.57. The van der Waals surface area contributed by atoms with Crippen LogP contribution in [0.25, 0.3) is 22.3 Å². The third kappa shape index (κ3) is 10.8. The van der Waals surface area contributed by atoms with Gasteiger partial charge in [0.05, 0.1) is 33.8 Å². The van der Waals surface area contributed by atoms with E-state index in [1.165, 1.54) is 145 Å². The summed E-state index contributed by atoms with van der Waals surface area (Å²) in [6.07, 6.45) is 15.6. The maximum atomic E-state index is 2.58. The van der Waals surface area contributed by atoms with Crippen LogP contribution >= 0.6 is 0 Å². The van der Waals surface area contributed by atoms with Crippen molar-refractivity contribution < 1.29 is 13.7 Å². The van der Waals surface area contributed by atoms with Gasteiger partial charge >= 0.3 is 0 Å². The van der Waals surface area contributed by atoms with Gasteiger partial charge in [0.15, 0.2) is 18.6 Å². The van der Waals surface area contributed by atoms with E-state index in [-0.39, 0.29) is 5.41 Å². The van der Waals surface area contributed by atoms with E-state index in [0.717, 1.165) is 37.8 Å². The second-order valence-electron chi connectivity index (χ2n) is 27.5. The summed E-state index contributed by atoms with van der Waals surface area (Å²) in [5, 5.41) is 0. The fourth-order valence-electron chi connectivity index (χ4n) is 17.8. The van der Waals surface area contributed by atoms with Crippen LogP contribution < -0.4 is 14.7 Å². The van der Waals surface area contributed by atoms with E-state index in [2.05, 4.69) is 369 Å². The van der Waals surface area contributed by atoms with Crippen molar-refractivity contribution in [3.05, 3.63) is 354 Å². The summed E-state index contributed by atoms with van der Waals surface area (Å²) >= 11 is 0. The molecule has 0 unspecified atom stereocenters. The number of rotatable bonds is 9. The van der Waals surface area contributed by atoms with Crippen LogP contribution in [-0.2, 0) is 10.8 Å². The van der Waals surface area contributed by atoms with Crippen molar-refractivity contribution in [1.82, 2.24) is 0 Å². The summed E-state index contributed by atoms with van der Waals surface area (Å²) in [4.78, 5) is 7.47. The molecule has 4 saturated carbocycles. The first-order chi connectivity index (χ1) is 47.4. The highest BCUT2D eigenvalue weighted by Crippen LogP contribution is 2.63. The molecule has 3 heterocycles. The molecule has 4 fully saturated rings. The minimum Gasteiger partial charge on any atom is -0.285 e. The minimum absolute atomic E-state index is 0.256. The average molecular weight is 1240 g/mol. The van der Waals surface area contributed by atoms with E-state index in [0.29, 0.717) is 5.41 Å². The molecule has 0 aromatic heterocycles. The van der Waals surface area contributed by atoms with Crippen molar-refractivity contribution in [3.8, 4) is 22.3 Å². The minimum atomic E-state index is -0.256. The molecule has 0 radical (unpaired) electrons. The van der Waals surface area contributed by atoms with Gasteiger partial charge in [0.1, 0.15) is 0 Å². The van der Waals surface area contributed by atoms with Crippen molar-refractivity contribution in [3.63, 3.8) is 0 Å². The van der Waals surface area contributed by atoms with Gasteiger partial charge in [-0.1, -0.05) is 224 Å². The van der Waals surface area contributed by atoms with Crippen LogP contribution in [-0.4, -0.2) is 52.4 Å². The number of hydrogen-bond donors (Lipinski definition) is 0. The predicted molar refractivity (Wildman–Crippen MR) is 397 cm³/mol. The Kier molecular flexibility index (Phi) is 15.4. The van der Waals surface area contributed by atoms with Crippen LogP contribution in [0.15, 0.2) is 315 Å². The highest BCUT2D eigenvalue weighted by Gasteiger charge is 2.53. The zero-order valence-electron chi connectivity index (χ0n) is 54.5. The van der Waals surface area contributed by atoms with Crippen molar-refractivity contribution in [2.75, 3.05) is 34.7 Å². The van der Waals surface area contributed by atoms with Gasteiger partial charge in [0.2, 0.25) is 37.1 Å². The molecule has 0 saturated heterocycles. The Labute approximate surface area is 565 Å². The molecule has 96 heavy (non-hydrogen) atoms. The third-order valence-electron chi connectivity index (χ3n) is 21.7. The first-order valence-corrected chi connectivity index (χ1v) is 34.5. The molecule has 466 valence electrons. The van der Waals surface area contributed by atoms with E-state index in [1.807, 2.05) is 0 Å². The Morgan fingerprint density at radius 3 is 1.00 bits per heavy atom. The van der Waals surface area contributed by atoms with E-state index >= 15 is 0 Å². The molecule has 20 rings (SSSR count). The lowest BCUT2D eigenvalue weighted by Crippen LogP contribution is -2.49. The van der Waals surface area contributed by atoms with E-state index in [9.17, 15) is 0 Å². The molecule has 6 nitrogen and oxygen atoms in total. The highest BCUT2D eigenvalue weighted by atomic mass is 15.3. The summed E-state index contributed by atoms with van der Waals surface area (Å²) in [6, 6.07) is 113. The summed E-state index contributed by atoms with van der Waals surface area (Å²) in [5.74, 6) is 2.86. The molecule has 4 bridgehead atoms. The predicted octanol–water partition coefficient (Wildman–Crippen LogP) is 21.1. The summed E-state index contributed by atoms with van der Waals surface area (Å²) in [5.41, 5.74) is 26.1. The summed E-state index contributed by atoms with van der Waals surface area (Å²) in [7, 11) is 0. The van der Waals surface area contributed by atoms with Crippen molar-refractivity contribution in [1.29, 1.82) is 0 Å². The quantitative estimate of drug-likeness (QED) is 0.134. The molecule has 3 aliphatic heterocycles. The van der Waals surface area contributed by atoms with Gasteiger partial charge in [-0.2, -0.15) is 13.7 Å².